The molecule has 248 valence electrons. The highest BCUT2D eigenvalue weighted by atomic mass is 19.2. The number of allylic oxidation sites excluding steroid dienone is 1. The maximum Gasteiger partial charge on any atom is 0.340 e. The van der Waals surface area contributed by atoms with Gasteiger partial charge in [-0.3, -0.25) is 4.79 Å². The van der Waals surface area contributed by atoms with Crippen molar-refractivity contribution in [1.29, 1.82) is 0 Å². The average molecular weight is 645 g/mol. The summed E-state index contributed by atoms with van der Waals surface area (Å²) in [7, 11) is 0. The molecule has 3 saturated heterocycles. The van der Waals surface area contributed by atoms with Crippen LogP contribution < -0.4 is 4.74 Å². The Morgan fingerprint density at radius 1 is 0.978 bits per heavy atom. The maximum atomic E-state index is 14.1. The van der Waals surface area contributed by atoms with Gasteiger partial charge >= 0.3 is 11.9 Å². The first kappa shape index (κ1) is 33.5. The van der Waals surface area contributed by atoms with Crippen LogP contribution in [0.5, 0.6) is 5.75 Å². The third kappa shape index (κ3) is 6.81. The fourth-order valence-corrected chi connectivity index (χ4v) is 6.01. The molecular weight excluding hydrogens is 607 g/mol. The predicted molar refractivity (Wildman–Crippen MR) is 147 cm³/mol. The van der Waals surface area contributed by atoms with Gasteiger partial charge in [-0.25, -0.2) is 18.0 Å². The fourth-order valence-electron chi connectivity index (χ4n) is 6.01. The van der Waals surface area contributed by atoms with Gasteiger partial charge in [0.15, 0.2) is 17.7 Å². The van der Waals surface area contributed by atoms with Gasteiger partial charge in [0.1, 0.15) is 0 Å². The molecule has 0 amide bonds. The van der Waals surface area contributed by atoms with Crippen molar-refractivity contribution in [2.75, 3.05) is 6.61 Å². The Labute approximate surface area is 257 Å². The largest absolute Gasteiger partial charge is 0.465 e. The zero-order chi connectivity index (χ0) is 32.7. The normalized spacial score (nSPS) is 32.9. The lowest BCUT2D eigenvalue weighted by Crippen LogP contribution is -2.53. The number of esters is 2. The van der Waals surface area contributed by atoms with Gasteiger partial charge in [0.05, 0.1) is 30.3 Å². The quantitative estimate of drug-likeness (QED) is 0.0646. The molecular formula is C32H37F5O8. The van der Waals surface area contributed by atoms with E-state index in [0.29, 0.717) is 45.1 Å². The number of benzene rings is 1. The summed E-state index contributed by atoms with van der Waals surface area (Å²) in [6.07, 6.45) is 8.15. The summed E-state index contributed by atoms with van der Waals surface area (Å²) in [5, 5.41) is 0. The Morgan fingerprint density at radius 2 is 1.67 bits per heavy atom. The van der Waals surface area contributed by atoms with Crippen LogP contribution in [0.4, 0.5) is 22.0 Å². The minimum atomic E-state index is -2.36. The highest BCUT2D eigenvalue weighted by Crippen LogP contribution is 2.53. The van der Waals surface area contributed by atoms with Crippen molar-refractivity contribution < 1.29 is 60.0 Å². The van der Waals surface area contributed by atoms with Crippen molar-refractivity contribution in [3.8, 4) is 5.75 Å². The van der Waals surface area contributed by atoms with E-state index in [2.05, 4.69) is 4.74 Å². The van der Waals surface area contributed by atoms with Crippen molar-refractivity contribution in [1.82, 2.24) is 0 Å². The number of hydrogen-bond donors (Lipinski definition) is 0. The lowest BCUT2D eigenvalue weighted by molar-refractivity contribution is -0.365. The highest BCUT2D eigenvalue weighted by molar-refractivity contribution is 5.78. The predicted octanol–water partition coefficient (Wildman–Crippen LogP) is 6.34. The topological polar surface area (TPSA) is 89.5 Å². The van der Waals surface area contributed by atoms with Gasteiger partial charge in [-0.2, -0.15) is 8.78 Å². The van der Waals surface area contributed by atoms with Crippen molar-refractivity contribution in [2.45, 2.75) is 109 Å². The average Bonchev–Trinajstić information content (AvgIpc) is 3.56. The molecule has 1 aromatic carbocycles. The van der Waals surface area contributed by atoms with Crippen LogP contribution in [0.3, 0.4) is 0 Å². The van der Waals surface area contributed by atoms with Gasteiger partial charge in [0.2, 0.25) is 34.8 Å². The molecule has 0 saturated carbocycles. The Morgan fingerprint density at radius 3 is 2.36 bits per heavy atom. The Balaban J connectivity index is 1.16. The molecule has 0 aliphatic carbocycles. The van der Waals surface area contributed by atoms with E-state index in [1.54, 1.807) is 20.8 Å². The summed E-state index contributed by atoms with van der Waals surface area (Å²) in [6.45, 7) is 7.66. The van der Waals surface area contributed by atoms with Crippen LogP contribution in [0.15, 0.2) is 24.3 Å². The van der Waals surface area contributed by atoms with Crippen molar-refractivity contribution in [3.05, 3.63) is 53.4 Å². The van der Waals surface area contributed by atoms with Gasteiger partial charge in [0, 0.05) is 31.6 Å². The Bertz CT molecular complexity index is 1350. The summed E-state index contributed by atoms with van der Waals surface area (Å²) >= 11 is 0. The summed E-state index contributed by atoms with van der Waals surface area (Å²) in [6, 6.07) is 0. The van der Waals surface area contributed by atoms with Gasteiger partial charge in [-0.15, -0.1) is 0 Å². The van der Waals surface area contributed by atoms with E-state index in [-0.39, 0.29) is 24.4 Å². The van der Waals surface area contributed by atoms with Gasteiger partial charge < -0.3 is 28.4 Å². The second-order valence-electron chi connectivity index (χ2n) is 13.0. The number of carbonyl (C=O) groups is 2. The number of hydrogen-bond acceptors (Lipinski definition) is 8. The van der Waals surface area contributed by atoms with Crippen molar-refractivity contribution >= 4 is 11.9 Å². The Kier molecular flexibility index (Phi) is 9.48. The zero-order valence-corrected chi connectivity index (χ0v) is 25.5. The summed E-state index contributed by atoms with van der Waals surface area (Å²) in [5.74, 6) is -16.7. The van der Waals surface area contributed by atoms with E-state index >= 15 is 0 Å². The number of rotatable bonds is 7. The van der Waals surface area contributed by atoms with Gasteiger partial charge in [-0.1, -0.05) is 31.2 Å². The monoisotopic (exact) mass is 644 g/mol. The fraction of sp³-hybridized carbons (Fsp3) is 0.625. The smallest absolute Gasteiger partial charge is 0.340 e. The maximum absolute atomic E-state index is 14.1. The second kappa shape index (κ2) is 12.7. The molecule has 8 nitrogen and oxygen atoms in total. The van der Waals surface area contributed by atoms with Crippen LogP contribution in [0.1, 0.15) is 72.6 Å². The molecule has 0 N–H and O–H groups in total. The molecule has 3 fully saturated rings. The minimum Gasteiger partial charge on any atom is -0.465 e. The molecule has 4 heterocycles. The minimum absolute atomic E-state index is 0.0685. The van der Waals surface area contributed by atoms with Crippen LogP contribution in [0.25, 0.3) is 0 Å². The summed E-state index contributed by atoms with van der Waals surface area (Å²) in [5.41, 5.74) is -0.543. The molecule has 4 aliphatic heterocycles. The first-order chi connectivity index (χ1) is 21.1. The highest BCUT2D eigenvalue weighted by Gasteiger charge is 2.60. The SMILES string of the molecule is C[C@@H]1C[C@H]2O[C@H](C(=O)Oc3c(F)c(F)c(F)c(F)c3F)C[C@H]2O[C@@]12CC[C@]1(CC=C[C@@H](/C=C/CCCOC(=O)C(C)(C)C)O1)O2. The lowest BCUT2D eigenvalue weighted by atomic mass is 9.86. The summed E-state index contributed by atoms with van der Waals surface area (Å²) < 4.78 is 104. The van der Waals surface area contributed by atoms with Crippen molar-refractivity contribution in [3.63, 3.8) is 0 Å². The first-order valence-electron chi connectivity index (χ1n) is 15.1. The molecule has 0 unspecified atom stereocenters. The van der Waals surface area contributed by atoms with Crippen LogP contribution in [-0.2, 0) is 33.3 Å². The van der Waals surface area contributed by atoms with Crippen LogP contribution in [0.2, 0.25) is 0 Å². The summed E-state index contributed by atoms with van der Waals surface area (Å²) in [4.78, 5) is 24.6. The molecule has 0 radical (unpaired) electrons. The number of halogens is 5. The molecule has 0 aromatic heterocycles. The molecule has 45 heavy (non-hydrogen) atoms. The van der Waals surface area contributed by atoms with E-state index in [9.17, 15) is 31.5 Å². The number of unbranched alkanes of at least 4 members (excludes halogenated alkanes) is 1. The van der Waals surface area contributed by atoms with Crippen LogP contribution in [-0.4, -0.2) is 54.5 Å². The molecule has 13 heteroatoms. The van der Waals surface area contributed by atoms with E-state index in [0.717, 1.165) is 0 Å². The number of fused-ring (bicyclic) bond motifs is 1. The third-order valence-electron chi connectivity index (χ3n) is 8.53. The second-order valence-corrected chi connectivity index (χ2v) is 13.0. The molecule has 7 atom stereocenters. The van der Waals surface area contributed by atoms with E-state index in [1.165, 1.54) is 0 Å². The first-order valence-corrected chi connectivity index (χ1v) is 15.1. The van der Waals surface area contributed by atoms with Crippen LogP contribution in [0, 0.1) is 40.4 Å². The van der Waals surface area contributed by atoms with Gasteiger partial charge in [0.25, 0.3) is 0 Å². The standard InChI is InChI=1S/C32H37F5O8/c1-17-15-19-20(16-21(41-19)28(38)42-27-25(36)23(34)22(33)24(35)26(27)37)44-32(17)13-12-31(45-32)11-8-10-18(43-31)9-6-5-7-14-40-29(39)30(2,3)4/h6,8-10,17-21H,5,7,11-16H2,1-4H3/b9-6+/t17-,18-,19-,20-,21+,31+,32-/m1/s1. The Hall–Kier alpha value is -2.87. The molecule has 0 bridgehead atoms. The van der Waals surface area contributed by atoms with E-state index < -0.39 is 76.1 Å². The van der Waals surface area contributed by atoms with E-state index in [1.807, 2.05) is 31.2 Å². The van der Waals surface area contributed by atoms with Gasteiger partial charge in [-0.05, 0) is 40.0 Å². The number of carbonyl (C=O) groups excluding carboxylic acids is 2. The molecule has 2 spiro atoms. The number of ether oxygens (including phenoxy) is 6. The molecule has 1 aromatic rings. The lowest BCUT2D eigenvalue weighted by Gasteiger charge is -2.45. The molecule has 5 rings (SSSR count). The van der Waals surface area contributed by atoms with Crippen LogP contribution >= 0.6 is 0 Å². The zero-order valence-electron chi connectivity index (χ0n) is 25.5. The third-order valence-corrected chi connectivity index (χ3v) is 8.53. The molecule has 4 aliphatic rings. The van der Waals surface area contributed by atoms with E-state index in [4.69, 9.17) is 23.7 Å². The van der Waals surface area contributed by atoms with Crippen molar-refractivity contribution in [2.24, 2.45) is 11.3 Å².